The second-order valence-corrected chi connectivity index (χ2v) is 6.84. The molecule has 1 aliphatic rings. The number of amides is 2. The maximum atomic E-state index is 12.1. The van der Waals surface area contributed by atoms with Crippen LogP contribution in [0.15, 0.2) is 23.1 Å². The molecule has 0 unspecified atom stereocenters. The standard InChI is InChI=1S/C17H20N2O6S/c1-26-12-7-8-14(19(23)24)13(9-12)17(22)25-10-15(20)18-16(21)11-5-3-2-4-6-11/h7-9,11H,2-6,10H2,1H3,(H,18,20,21). The normalized spacial score (nSPS) is 14.5. The predicted octanol–water partition coefficient (Wildman–Crippen LogP) is 2.70. The number of hydrogen-bond donors (Lipinski definition) is 1. The minimum absolute atomic E-state index is 0.192. The minimum Gasteiger partial charge on any atom is -0.452 e. The van der Waals surface area contributed by atoms with E-state index in [0.717, 1.165) is 32.1 Å². The van der Waals surface area contributed by atoms with Crippen LogP contribution >= 0.6 is 11.8 Å². The smallest absolute Gasteiger partial charge is 0.345 e. The Morgan fingerprint density at radius 2 is 1.96 bits per heavy atom. The molecule has 1 saturated carbocycles. The number of ether oxygens (including phenoxy) is 1. The Morgan fingerprint density at radius 3 is 2.58 bits per heavy atom. The van der Waals surface area contributed by atoms with E-state index >= 15 is 0 Å². The maximum absolute atomic E-state index is 12.1. The fourth-order valence-electron chi connectivity index (χ4n) is 2.81. The molecular formula is C17H20N2O6S. The van der Waals surface area contributed by atoms with Gasteiger partial charge in [0.2, 0.25) is 5.91 Å². The van der Waals surface area contributed by atoms with Gasteiger partial charge >= 0.3 is 5.97 Å². The highest BCUT2D eigenvalue weighted by Crippen LogP contribution is 2.25. The molecule has 2 amide bonds. The van der Waals surface area contributed by atoms with Gasteiger partial charge in [0.15, 0.2) is 6.61 Å². The summed E-state index contributed by atoms with van der Waals surface area (Å²) in [6, 6.07) is 4.08. The molecule has 0 radical (unpaired) electrons. The zero-order chi connectivity index (χ0) is 19.1. The molecule has 0 aliphatic heterocycles. The zero-order valence-electron chi connectivity index (χ0n) is 14.4. The van der Waals surface area contributed by atoms with Crippen molar-refractivity contribution in [2.45, 2.75) is 37.0 Å². The lowest BCUT2D eigenvalue weighted by Crippen LogP contribution is -2.38. The van der Waals surface area contributed by atoms with Crippen LogP contribution in [0.2, 0.25) is 0 Å². The first-order chi connectivity index (χ1) is 12.4. The molecule has 9 heteroatoms. The molecule has 26 heavy (non-hydrogen) atoms. The summed E-state index contributed by atoms with van der Waals surface area (Å²) in [6.45, 7) is -0.669. The fraction of sp³-hybridized carbons (Fsp3) is 0.471. The quantitative estimate of drug-likeness (QED) is 0.349. The van der Waals surface area contributed by atoms with Crippen molar-refractivity contribution in [3.63, 3.8) is 0 Å². The molecule has 1 fully saturated rings. The molecule has 8 nitrogen and oxygen atoms in total. The molecule has 1 aliphatic carbocycles. The van der Waals surface area contributed by atoms with Gasteiger partial charge in [0.1, 0.15) is 5.56 Å². The summed E-state index contributed by atoms with van der Waals surface area (Å²) < 4.78 is 4.85. The molecule has 1 N–H and O–H groups in total. The van der Waals surface area contributed by atoms with E-state index in [1.54, 1.807) is 6.26 Å². The van der Waals surface area contributed by atoms with Crippen LogP contribution in [0, 0.1) is 16.0 Å². The minimum atomic E-state index is -0.979. The van der Waals surface area contributed by atoms with Gasteiger partial charge in [-0.25, -0.2) is 4.79 Å². The van der Waals surface area contributed by atoms with Crippen LogP contribution in [0.5, 0.6) is 0 Å². The van der Waals surface area contributed by atoms with Crippen molar-refractivity contribution < 1.29 is 24.0 Å². The number of carbonyl (C=O) groups is 3. The Kier molecular flexibility index (Phi) is 7.14. The van der Waals surface area contributed by atoms with Crippen LogP contribution in [0.4, 0.5) is 5.69 Å². The Labute approximate surface area is 154 Å². The molecule has 0 atom stereocenters. The first kappa shape index (κ1) is 19.9. The average Bonchev–Trinajstić information content (AvgIpc) is 2.66. The number of thioether (sulfide) groups is 1. The third-order valence-electron chi connectivity index (χ3n) is 4.19. The van der Waals surface area contributed by atoms with E-state index in [-0.39, 0.29) is 17.4 Å². The molecule has 0 aromatic heterocycles. The average molecular weight is 380 g/mol. The summed E-state index contributed by atoms with van der Waals surface area (Å²) in [5.41, 5.74) is -0.625. The summed E-state index contributed by atoms with van der Waals surface area (Å²) >= 11 is 1.32. The van der Waals surface area contributed by atoms with Gasteiger partial charge in [0.25, 0.3) is 11.6 Å². The Balaban J connectivity index is 1.94. The number of hydrogen-bond acceptors (Lipinski definition) is 7. The van der Waals surface area contributed by atoms with Crippen molar-refractivity contribution in [1.82, 2.24) is 5.32 Å². The summed E-state index contributed by atoms with van der Waals surface area (Å²) in [4.78, 5) is 47.0. The second-order valence-electron chi connectivity index (χ2n) is 5.96. The molecule has 0 heterocycles. The van der Waals surface area contributed by atoms with Crippen molar-refractivity contribution in [1.29, 1.82) is 0 Å². The topological polar surface area (TPSA) is 116 Å². The van der Waals surface area contributed by atoms with E-state index in [9.17, 15) is 24.5 Å². The lowest BCUT2D eigenvalue weighted by Gasteiger charge is -2.20. The van der Waals surface area contributed by atoms with Crippen molar-refractivity contribution in [3.05, 3.63) is 33.9 Å². The van der Waals surface area contributed by atoms with Gasteiger partial charge in [-0.3, -0.25) is 25.0 Å². The molecule has 0 spiro atoms. The number of esters is 1. The molecular weight excluding hydrogens is 360 g/mol. The fourth-order valence-corrected chi connectivity index (χ4v) is 3.25. The van der Waals surface area contributed by atoms with Crippen molar-refractivity contribution in [3.8, 4) is 0 Å². The van der Waals surface area contributed by atoms with Gasteiger partial charge in [-0.2, -0.15) is 0 Å². The van der Waals surface area contributed by atoms with E-state index in [4.69, 9.17) is 4.74 Å². The van der Waals surface area contributed by atoms with Gasteiger partial charge in [-0.05, 0) is 31.2 Å². The van der Waals surface area contributed by atoms with Crippen LogP contribution < -0.4 is 5.32 Å². The Morgan fingerprint density at radius 1 is 1.27 bits per heavy atom. The summed E-state index contributed by atoms with van der Waals surface area (Å²) in [5, 5.41) is 13.3. The summed E-state index contributed by atoms with van der Waals surface area (Å²) in [5.74, 6) is -2.27. The van der Waals surface area contributed by atoms with E-state index in [1.165, 1.54) is 30.0 Å². The number of nitrogens with one attached hydrogen (secondary N) is 1. The molecule has 140 valence electrons. The number of nitro groups is 1. The highest BCUT2D eigenvalue weighted by molar-refractivity contribution is 7.98. The number of imide groups is 1. The van der Waals surface area contributed by atoms with Crippen molar-refractivity contribution >= 4 is 35.2 Å². The number of carbonyl (C=O) groups excluding carboxylic acids is 3. The first-order valence-corrected chi connectivity index (χ1v) is 9.48. The Bertz CT molecular complexity index is 715. The highest BCUT2D eigenvalue weighted by Gasteiger charge is 2.25. The van der Waals surface area contributed by atoms with Crippen molar-refractivity contribution in [2.24, 2.45) is 5.92 Å². The number of nitro benzene ring substituents is 1. The number of rotatable bonds is 6. The van der Waals surface area contributed by atoms with Gasteiger partial charge in [-0.15, -0.1) is 11.8 Å². The van der Waals surface area contributed by atoms with Crippen LogP contribution in [-0.4, -0.2) is 35.6 Å². The van der Waals surface area contributed by atoms with E-state index in [0.29, 0.717) is 4.90 Å². The Hall–Kier alpha value is -2.42. The number of nitrogens with zero attached hydrogens (tertiary/aromatic N) is 1. The van der Waals surface area contributed by atoms with Crippen LogP contribution in [0.3, 0.4) is 0 Å². The SMILES string of the molecule is CSc1ccc([N+](=O)[O-])c(C(=O)OCC(=O)NC(=O)C2CCCCC2)c1. The van der Waals surface area contributed by atoms with Gasteiger partial charge < -0.3 is 4.74 Å². The third-order valence-corrected chi connectivity index (χ3v) is 4.92. The number of benzene rings is 1. The van der Waals surface area contributed by atoms with Gasteiger partial charge in [-0.1, -0.05) is 19.3 Å². The molecule has 0 bridgehead atoms. The van der Waals surface area contributed by atoms with Gasteiger partial charge in [0.05, 0.1) is 4.92 Å². The first-order valence-electron chi connectivity index (χ1n) is 8.25. The van der Waals surface area contributed by atoms with E-state index in [1.807, 2.05) is 0 Å². The molecule has 1 aromatic carbocycles. The molecule has 0 saturated heterocycles. The maximum Gasteiger partial charge on any atom is 0.345 e. The summed E-state index contributed by atoms with van der Waals surface area (Å²) in [6.07, 6.45) is 6.25. The van der Waals surface area contributed by atoms with E-state index in [2.05, 4.69) is 5.32 Å². The predicted molar refractivity (Wildman–Crippen MR) is 94.9 cm³/mol. The monoisotopic (exact) mass is 380 g/mol. The lowest BCUT2D eigenvalue weighted by molar-refractivity contribution is -0.385. The lowest BCUT2D eigenvalue weighted by atomic mass is 9.89. The second kappa shape index (κ2) is 9.33. The third kappa shape index (κ3) is 5.29. The van der Waals surface area contributed by atoms with Crippen LogP contribution in [-0.2, 0) is 14.3 Å². The van der Waals surface area contributed by atoms with Crippen LogP contribution in [0.25, 0.3) is 0 Å². The van der Waals surface area contributed by atoms with Crippen LogP contribution in [0.1, 0.15) is 42.5 Å². The van der Waals surface area contributed by atoms with E-state index < -0.39 is 29.1 Å². The van der Waals surface area contributed by atoms with Crippen molar-refractivity contribution in [2.75, 3.05) is 12.9 Å². The zero-order valence-corrected chi connectivity index (χ0v) is 15.2. The highest BCUT2D eigenvalue weighted by atomic mass is 32.2. The largest absolute Gasteiger partial charge is 0.452 e. The molecule has 1 aromatic rings. The summed E-state index contributed by atoms with van der Waals surface area (Å²) in [7, 11) is 0. The van der Waals surface area contributed by atoms with Gasteiger partial charge in [0, 0.05) is 16.9 Å². The molecule has 2 rings (SSSR count).